The maximum atomic E-state index is 12.0. The molecule has 0 bridgehead atoms. The molecule has 1 aliphatic rings. The molecule has 0 aliphatic heterocycles. The fourth-order valence-electron chi connectivity index (χ4n) is 1.83. The van der Waals surface area contributed by atoms with Crippen LogP contribution in [0.2, 0.25) is 0 Å². The number of amides is 1. The second kappa shape index (κ2) is 3.83. The second-order valence-electron chi connectivity index (χ2n) is 3.80. The van der Waals surface area contributed by atoms with Crippen LogP contribution in [0, 0.1) is 0 Å². The van der Waals surface area contributed by atoms with Crippen molar-refractivity contribution in [2.45, 2.75) is 44.3 Å². The Bertz CT molecular complexity index is 280. The van der Waals surface area contributed by atoms with E-state index in [1.54, 1.807) is 0 Å². The Labute approximate surface area is 85.0 Å². The minimum Gasteiger partial charge on any atom is -0.336 e. The lowest BCUT2D eigenvalue weighted by atomic mass is 9.93. The zero-order chi connectivity index (χ0) is 11.7. The van der Waals surface area contributed by atoms with Crippen molar-refractivity contribution in [2.75, 3.05) is 0 Å². The highest BCUT2D eigenvalue weighted by atomic mass is 19.4. The molecule has 1 fully saturated rings. The number of hydrogen-bond acceptors (Lipinski definition) is 2. The number of carbonyl (C=O) groups is 2. The van der Waals surface area contributed by atoms with E-state index < -0.39 is 23.4 Å². The van der Waals surface area contributed by atoms with Crippen molar-refractivity contribution in [3.8, 4) is 0 Å². The molecule has 15 heavy (non-hydrogen) atoms. The lowest BCUT2D eigenvalue weighted by Gasteiger charge is -2.27. The minimum absolute atomic E-state index is 0.296. The lowest BCUT2D eigenvalue weighted by Crippen LogP contribution is -2.55. The summed E-state index contributed by atoms with van der Waals surface area (Å²) in [5.41, 5.74) is -1.29. The summed E-state index contributed by atoms with van der Waals surface area (Å²) in [6, 6.07) is 0. The summed E-state index contributed by atoms with van der Waals surface area (Å²) < 4.78 is 36.0. The van der Waals surface area contributed by atoms with Crippen molar-refractivity contribution < 1.29 is 22.8 Å². The molecule has 0 aromatic heterocycles. The number of rotatable bonds is 2. The molecule has 6 heteroatoms. The fourth-order valence-corrected chi connectivity index (χ4v) is 1.83. The predicted octanol–water partition coefficient (Wildman–Crippen LogP) is 1.57. The normalized spacial score (nSPS) is 20.0. The van der Waals surface area contributed by atoms with Crippen molar-refractivity contribution in [3.05, 3.63) is 0 Å². The van der Waals surface area contributed by atoms with Gasteiger partial charge in [0.25, 0.3) is 0 Å². The third-order valence-electron chi connectivity index (χ3n) is 2.74. The largest absolute Gasteiger partial charge is 0.471 e. The number of carbonyl (C=O) groups excluding carboxylic acids is 2. The number of nitrogens with one attached hydrogen (secondary N) is 1. The molecule has 3 nitrogen and oxygen atoms in total. The fraction of sp³-hybridized carbons (Fsp3) is 0.778. The van der Waals surface area contributed by atoms with E-state index in [2.05, 4.69) is 0 Å². The van der Waals surface area contributed by atoms with Crippen molar-refractivity contribution in [1.82, 2.24) is 5.32 Å². The van der Waals surface area contributed by atoms with E-state index in [1.165, 1.54) is 6.92 Å². The summed E-state index contributed by atoms with van der Waals surface area (Å²) in [5.74, 6) is -2.43. The van der Waals surface area contributed by atoms with E-state index in [9.17, 15) is 22.8 Å². The summed E-state index contributed by atoms with van der Waals surface area (Å²) in [6.07, 6.45) is -3.01. The highest BCUT2D eigenvalue weighted by Crippen LogP contribution is 2.31. The van der Waals surface area contributed by atoms with Gasteiger partial charge in [0.15, 0.2) is 5.78 Å². The van der Waals surface area contributed by atoms with Gasteiger partial charge < -0.3 is 5.32 Å². The van der Waals surface area contributed by atoms with E-state index in [-0.39, 0.29) is 0 Å². The van der Waals surface area contributed by atoms with Crippen molar-refractivity contribution in [3.63, 3.8) is 0 Å². The Balaban J connectivity index is 2.77. The van der Waals surface area contributed by atoms with Crippen LogP contribution in [0.4, 0.5) is 13.2 Å². The van der Waals surface area contributed by atoms with Gasteiger partial charge in [-0.25, -0.2) is 0 Å². The SMILES string of the molecule is CC(=O)C1(NC(=O)C(F)(F)F)CCCC1. The van der Waals surface area contributed by atoms with Gasteiger partial charge in [-0.05, 0) is 19.8 Å². The summed E-state index contributed by atoms with van der Waals surface area (Å²) >= 11 is 0. The maximum absolute atomic E-state index is 12.0. The molecule has 0 spiro atoms. The molecular weight excluding hydrogens is 211 g/mol. The van der Waals surface area contributed by atoms with E-state index in [0.717, 1.165) is 0 Å². The van der Waals surface area contributed by atoms with Crippen molar-refractivity contribution in [2.24, 2.45) is 0 Å². The summed E-state index contributed by atoms with van der Waals surface area (Å²) in [5, 5.41) is 1.82. The smallest absolute Gasteiger partial charge is 0.336 e. The van der Waals surface area contributed by atoms with Gasteiger partial charge in [-0.15, -0.1) is 0 Å². The third-order valence-corrected chi connectivity index (χ3v) is 2.74. The molecule has 0 aromatic rings. The summed E-state index contributed by atoms with van der Waals surface area (Å²) in [6.45, 7) is 1.21. The molecule has 0 radical (unpaired) electrons. The van der Waals surface area contributed by atoms with Crippen LogP contribution in [0.15, 0.2) is 0 Å². The predicted molar refractivity (Wildman–Crippen MR) is 46.1 cm³/mol. The van der Waals surface area contributed by atoms with Crippen LogP contribution in [-0.4, -0.2) is 23.4 Å². The van der Waals surface area contributed by atoms with Gasteiger partial charge in [-0.1, -0.05) is 12.8 Å². The van der Waals surface area contributed by atoms with Gasteiger partial charge in [0.2, 0.25) is 0 Å². The first-order valence-electron chi connectivity index (χ1n) is 4.68. The Morgan fingerprint density at radius 1 is 1.20 bits per heavy atom. The zero-order valence-corrected chi connectivity index (χ0v) is 8.28. The molecule has 1 aliphatic carbocycles. The highest BCUT2D eigenvalue weighted by molar-refractivity contribution is 5.93. The van der Waals surface area contributed by atoms with Crippen LogP contribution in [0.5, 0.6) is 0 Å². The first kappa shape index (κ1) is 12.0. The zero-order valence-electron chi connectivity index (χ0n) is 8.28. The maximum Gasteiger partial charge on any atom is 0.471 e. The lowest BCUT2D eigenvalue weighted by molar-refractivity contribution is -0.176. The first-order chi connectivity index (χ1) is 6.78. The molecule has 1 saturated carbocycles. The molecular formula is C9H12F3NO2. The van der Waals surface area contributed by atoms with E-state index in [1.807, 2.05) is 5.32 Å². The van der Waals surface area contributed by atoms with Crippen LogP contribution >= 0.6 is 0 Å². The Morgan fingerprint density at radius 2 is 1.67 bits per heavy atom. The molecule has 0 saturated heterocycles. The standard InChI is InChI=1S/C9H12F3NO2/c1-6(14)8(4-2-3-5-8)13-7(15)9(10,11)12/h2-5H2,1H3,(H,13,15). The van der Waals surface area contributed by atoms with E-state index >= 15 is 0 Å². The number of halogens is 3. The highest BCUT2D eigenvalue weighted by Gasteiger charge is 2.47. The van der Waals surface area contributed by atoms with Gasteiger partial charge in [0.1, 0.15) is 0 Å². The molecule has 1 amide bonds. The molecule has 0 aromatic carbocycles. The van der Waals surface area contributed by atoms with Gasteiger partial charge in [0.05, 0.1) is 5.54 Å². The number of hydrogen-bond donors (Lipinski definition) is 1. The average Bonchev–Trinajstić information content (AvgIpc) is 2.52. The average molecular weight is 223 g/mol. The Hall–Kier alpha value is -1.07. The van der Waals surface area contributed by atoms with Crippen molar-refractivity contribution >= 4 is 11.7 Å². The molecule has 1 N–H and O–H groups in total. The van der Waals surface area contributed by atoms with E-state index in [4.69, 9.17) is 0 Å². The molecule has 86 valence electrons. The van der Waals surface area contributed by atoms with Gasteiger partial charge in [-0.2, -0.15) is 13.2 Å². The third kappa shape index (κ3) is 2.49. The van der Waals surface area contributed by atoms with Crippen LogP contribution in [0.3, 0.4) is 0 Å². The van der Waals surface area contributed by atoms with Gasteiger partial charge >= 0.3 is 12.1 Å². The summed E-state index contributed by atoms with van der Waals surface area (Å²) in [4.78, 5) is 22.0. The van der Waals surface area contributed by atoms with Crippen LogP contribution in [0.1, 0.15) is 32.6 Å². The topological polar surface area (TPSA) is 46.2 Å². The molecule has 0 heterocycles. The monoisotopic (exact) mass is 223 g/mol. The van der Waals surface area contributed by atoms with Crippen molar-refractivity contribution in [1.29, 1.82) is 0 Å². The molecule has 0 unspecified atom stereocenters. The number of alkyl halides is 3. The summed E-state index contributed by atoms with van der Waals surface area (Å²) in [7, 11) is 0. The minimum atomic E-state index is -4.93. The van der Waals surface area contributed by atoms with Gasteiger partial charge in [-0.3, -0.25) is 9.59 Å². The first-order valence-corrected chi connectivity index (χ1v) is 4.68. The van der Waals surface area contributed by atoms with Crippen LogP contribution < -0.4 is 5.32 Å². The Kier molecular flexibility index (Phi) is 3.06. The molecule has 1 rings (SSSR count). The van der Waals surface area contributed by atoms with Crippen LogP contribution in [-0.2, 0) is 9.59 Å². The van der Waals surface area contributed by atoms with Gasteiger partial charge in [0, 0.05) is 0 Å². The second-order valence-corrected chi connectivity index (χ2v) is 3.80. The molecule has 0 atom stereocenters. The van der Waals surface area contributed by atoms with Crippen LogP contribution in [0.25, 0.3) is 0 Å². The number of Topliss-reactive ketones (excluding diaryl/α,β-unsaturated/α-hetero) is 1. The Morgan fingerprint density at radius 3 is 2.00 bits per heavy atom. The van der Waals surface area contributed by atoms with E-state index in [0.29, 0.717) is 25.7 Å². The number of ketones is 1. The quantitative estimate of drug-likeness (QED) is 0.772.